The molecular weight excluding hydrogens is 399 g/mol. The maximum Gasteiger partial charge on any atom is 0.422 e. The molecule has 4 nitrogen and oxygen atoms in total. The van der Waals surface area contributed by atoms with Crippen LogP contribution < -0.4 is 4.74 Å². The van der Waals surface area contributed by atoms with Crippen LogP contribution in [0.4, 0.5) is 13.2 Å². The molecule has 0 unspecified atom stereocenters. The quantitative estimate of drug-likeness (QED) is 0.349. The summed E-state index contributed by atoms with van der Waals surface area (Å²) in [6.07, 6.45) is -1.92. The summed E-state index contributed by atoms with van der Waals surface area (Å²) < 4.78 is 43.8. The number of halogens is 3. The second-order valence-electron chi connectivity index (χ2n) is 6.30. The molecule has 8 heteroatoms. The molecule has 1 aromatic heterocycles. The molecule has 0 bridgehead atoms. The highest BCUT2D eigenvalue weighted by Gasteiger charge is 2.28. The molecule has 2 aromatic carbocycles. The molecular formula is C21H20F3N3OS. The molecule has 152 valence electrons. The normalized spacial score (nSPS) is 11.4. The van der Waals surface area contributed by atoms with E-state index in [1.807, 2.05) is 41.0 Å². The average molecular weight is 419 g/mol. The van der Waals surface area contributed by atoms with Gasteiger partial charge in [0.2, 0.25) is 0 Å². The maximum absolute atomic E-state index is 12.3. The van der Waals surface area contributed by atoms with Gasteiger partial charge in [0.15, 0.2) is 11.8 Å². The first-order valence-corrected chi connectivity index (χ1v) is 9.91. The number of thioether (sulfide) groups is 1. The highest BCUT2D eigenvalue weighted by Crippen LogP contribution is 2.26. The predicted octanol–water partition coefficient (Wildman–Crippen LogP) is 5.29. The summed E-state index contributed by atoms with van der Waals surface area (Å²) in [5.74, 6) is 1.56. The summed E-state index contributed by atoms with van der Waals surface area (Å²) in [5.41, 5.74) is 1.98. The van der Waals surface area contributed by atoms with Gasteiger partial charge in [-0.15, -0.1) is 16.8 Å². The van der Waals surface area contributed by atoms with E-state index in [0.717, 1.165) is 22.1 Å². The predicted molar refractivity (Wildman–Crippen MR) is 107 cm³/mol. The van der Waals surface area contributed by atoms with Gasteiger partial charge in [0.05, 0.1) is 0 Å². The van der Waals surface area contributed by atoms with Crippen LogP contribution in [0.25, 0.3) is 0 Å². The average Bonchev–Trinajstić information content (AvgIpc) is 3.07. The lowest BCUT2D eigenvalue weighted by atomic mass is 10.1. The van der Waals surface area contributed by atoms with Crippen molar-refractivity contribution >= 4 is 11.8 Å². The van der Waals surface area contributed by atoms with Gasteiger partial charge in [0, 0.05) is 18.7 Å². The summed E-state index contributed by atoms with van der Waals surface area (Å²) in [6, 6.07) is 16.6. The van der Waals surface area contributed by atoms with Gasteiger partial charge >= 0.3 is 6.18 Å². The molecule has 0 aliphatic carbocycles. The molecule has 0 aliphatic rings. The number of ether oxygens (including phenoxy) is 1. The van der Waals surface area contributed by atoms with Crippen molar-refractivity contribution in [3.05, 3.63) is 84.2 Å². The second-order valence-corrected chi connectivity index (χ2v) is 7.24. The molecule has 1 heterocycles. The van der Waals surface area contributed by atoms with Gasteiger partial charge in [-0.25, -0.2) is 0 Å². The van der Waals surface area contributed by atoms with E-state index in [0.29, 0.717) is 18.7 Å². The van der Waals surface area contributed by atoms with Crippen LogP contribution in [-0.4, -0.2) is 27.5 Å². The van der Waals surface area contributed by atoms with Crippen molar-refractivity contribution in [3.63, 3.8) is 0 Å². The van der Waals surface area contributed by atoms with Gasteiger partial charge in [0.1, 0.15) is 11.6 Å². The van der Waals surface area contributed by atoms with Crippen LogP contribution in [-0.2, 0) is 18.7 Å². The number of aromatic nitrogens is 3. The summed E-state index contributed by atoms with van der Waals surface area (Å²) in [4.78, 5) is 0. The van der Waals surface area contributed by atoms with Crippen LogP contribution in [0.3, 0.4) is 0 Å². The number of hydrogen-bond acceptors (Lipinski definition) is 4. The Balaban J connectivity index is 1.68. The third kappa shape index (κ3) is 6.39. The van der Waals surface area contributed by atoms with Crippen LogP contribution in [0, 0.1) is 0 Å². The topological polar surface area (TPSA) is 39.9 Å². The number of hydrogen-bond donors (Lipinski definition) is 0. The monoisotopic (exact) mass is 419 g/mol. The van der Waals surface area contributed by atoms with Crippen LogP contribution in [0.2, 0.25) is 0 Å². The van der Waals surface area contributed by atoms with Gasteiger partial charge in [-0.3, -0.25) is 0 Å². The second kappa shape index (κ2) is 9.65. The first-order chi connectivity index (χ1) is 13.9. The van der Waals surface area contributed by atoms with E-state index in [9.17, 15) is 13.2 Å². The lowest BCUT2D eigenvalue weighted by Gasteiger charge is -2.10. The standard InChI is InChI=1S/C21H20F3N3OS/c1-2-11-27-19(13-16-7-4-3-5-8-16)25-26-20(27)29-14-17-9-6-10-18(12-17)28-15-21(22,23)24/h2-10,12H,1,11,13-15H2. The van der Waals surface area contributed by atoms with Crippen molar-refractivity contribution in [1.29, 1.82) is 0 Å². The van der Waals surface area contributed by atoms with E-state index in [4.69, 9.17) is 4.74 Å². The molecule has 0 fully saturated rings. The molecule has 0 radical (unpaired) electrons. The van der Waals surface area contributed by atoms with Gasteiger partial charge in [-0.05, 0) is 23.3 Å². The molecule has 3 aromatic rings. The zero-order valence-electron chi connectivity index (χ0n) is 15.6. The SMILES string of the molecule is C=CCn1c(Cc2ccccc2)nnc1SCc1cccc(OCC(F)(F)F)c1. The molecule has 0 atom stereocenters. The zero-order valence-corrected chi connectivity index (χ0v) is 16.4. The first-order valence-electron chi connectivity index (χ1n) is 8.93. The molecule has 29 heavy (non-hydrogen) atoms. The van der Waals surface area contributed by atoms with Gasteiger partial charge in [-0.2, -0.15) is 13.2 Å². The van der Waals surface area contributed by atoms with E-state index in [1.165, 1.54) is 17.8 Å². The van der Waals surface area contributed by atoms with E-state index in [-0.39, 0.29) is 5.75 Å². The first kappa shape index (κ1) is 21.0. The molecule has 0 saturated heterocycles. The van der Waals surface area contributed by atoms with E-state index >= 15 is 0 Å². The van der Waals surface area contributed by atoms with E-state index in [2.05, 4.69) is 16.8 Å². The van der Waals surface area contributed by atoms with Gasteiger partial charge in [-0.1, -0.05) is 60.3 Å². The van der Waals surface area contributed by atoms with Gasteiger partial charge < -0.3 is 9.30 Å². The number of benzene rings is 2. The Morgan fingerprint density at radius 2 is 1.79 bits per heavy atom. The Kier molecular flexibility index (Phi) is 6.98. The van der Waals surface area contributed by atoms with Crippen LogP contribution in [0.15, 0.2) is 72.4 Å². The van der Waals surface area contributed by atoms with Crippen molar-refractivity contribution in [2.45, 2.75) is 30.1 Å². The lowest BCUT2D eigenvalue weighted by molar-refractivity contribution is -0.153. The van der Waals surface area contributed by atoms with Crippen LogP contribution in [0.1, 0.15) is 17.0 Å². The number of allylic oxidation sites excluding steroid dienone is 1. The third-order valence-electron chi connectivity index (χ3n) is 3.98. The third-order valence-corrected chi connectivity index (χ3v) is 5.02. The lowest BCUT2D eigenvalue weighted by Crippen LogP contribution is -2.19. The highest BCUT2D eigenvalue weighted by atomic mass is 32.2. The molecule has 0 N–H and O–H groups in total. The highest BCUT2D eigenvalue weighted by molar-refractivity contribution is 7.98. The fourth-order valence-corrected chi connectivity index (χ4v) is 3.60. The fourth-order valence-electron chi connectivity index (χ4n) is 2.69. The fraction of sp³-hybridized carbons (Fsp3) is 0.238. The molecule has 0 spiro atoms. The van der Waals surface area contributed by atoms with Crippen molar-refractivity contribution < 1.29 is 17.9 Å². The Labute approximate surface area is 171 Å². The summed E-state index contributed by atoms with van der Waals surface area (Å²) >= 11 is 1.47. The Morgan fingerprint density at radius 1 is 1.03 bits per heavy atom. The van der Waals surface area contributed by atoms with Crippen molar-refractivity contribution in [2.75, 3.05) is 6.61 Å². The zero-order chi connectivity index (χ0) is 20.7. The number of alkyl halides is 3. The summed E-state index contributed by atoms with van der Waals surface area (Å²) in [6.45, 7) is 3.07. The number of nitrogens with zero attached hydrogens (tertiary/aromatic N) is 3. The van der Waals surface area contributed by atoms with Gasteiger partial charge in [0.25, 0.3) is 0 Å². The van der Waals surface area contributed by atoms with E-state index in [1.54, 1.807) is 18.2 Å². The number of rotatable bonds is 9. The van der Waals surface area contributed by atoms with Crippen molar-refractivity contribution in [1.82, 2.24) is 14.8 Å². The minimum absolute atomic E-state index is 0.192. The van der Waals surface area contributed by atoms with Crippen LogP contribution in [0.5, 0.6) is 5.75 Å². The molecule has 0 aliphatic heterocycles. The van der Waals surface area contributed by atoms with E-state index < -0.39 is 12.8 Å². The largest absolute Gasteiger partial charge is 0.484 e. The molecule has 3 rings (SSSR count). The van der Waals surface area contributed by atoms with Crippen molar-refractivity contribution in [3.8, 4) is 5.75 Å². The molecule has 0 amide bonds. The minimum atomic E-state index is -4.36. The maximum atomic E-state index is 12.3. The Morgan fingerprint density at radius 3 is 2.52 bits per heavy atom. The Hall–Kier alpha value is -2.74. The van der Waals surface area contributed by atoms with Crippen LogP contribution >= 0.6 is 11.8 Å². The summed E-state index contributed by atoms with van der Waals surface area (Å²) in [5, 5.41) is 9.33. The smallest absolute Gasteiger partial charge is 0.422 e. The molecule has 0 saturated carbocycles. The summed E-state index contributed by atoms with van der Waals surface area (Å²) in [7, 11) is 0. The minimum Gasteiger partial charge on any atom is -0.484 e. The van der Waals surface area contributed by atoms with Crippen molar-refractivity contribution in [2.24, 2.45) is 0 Å². The Bertz CT molecular complexity index is 942.